The SMILES string of the molecule is CCNC(=O)[C@@H](NC(=O)[C@H](C)NC[C@H](Cc1ccccc1)NC(=O)c1cc(C(=O)N(C)Cc2cccnc2)cc(N(C)S(C)(=O)=O)c1)C(C)C. The number of benzene rings is 2. The van der Waals surface area contributed by atoms with E-state index in [1.165, 1.54) is 30.1 Å². The molecular weight excluding hydrogens is 659 g/mol. The monoisotopic (exact) mass is 707 g/mol. The van der Waals surface area contributed by atoms with E-state index < -0.39 is 40.0 Å². The first-order valence-electron chi connectivity index (χ1n) is 16.5. The molecule has 13 nitrogen and oxygen atoms in total. The van der Waals surface area contributed by atoms with Crippen LogP contribution in [0.1, 0.15) is 59.5 Å². The number of carbonyl (C=O) groups excluding carboxylic acids is 4. The zero-order valence-corrected chi connectivity index (χ0v) is 30.6. The maximum atomic E-state index is 13.9. The second-order valence-electron chi connectivity index (χ2n) is 12.6. The van der Waals surface area contributed by atoms with Gasteiger partial charge in [-0.25, -0.2) is 8.42 Å². The molecule has 0 unspecified atom stereocenters. The lowest BCUT2D eigenvalue weighted by molar-refractivity contribution is -0.130. The maximum absolute atomic E-state index is 13.9. The molecule has 1 aromatic heterocycles. The molecule has 0 fully saturated rings. The highest BCUT2D eigenvalue weighted by Gasteiger charge is 2.27. The van der Waals surface area contributed by atoms with Crippen molar-refractivity contribution in [2.75, 3.05) is 37.7 Å². The number of anilines is 1. The third kappa shape index (κ3) is 11.7. The molecule has 0 aliphatic carbocycles. The van der Waals surface area contributed by atoms with E-state index in [2.05, 4.69) is 26.3 Å². The summed E-state index contributed by atoms with van der Waals surface area (Å²) in [4.78, 5) is 58.6. The van der Waals surface area contributed by atoms with Gasteiger partial charge in [0.05, 0.1) is 18.0 Å². The fourth-order valence-electron chi connectivity index (χ4n) is 5.15. The van der Waals surface area contributed by atoms with Crippen molar-refractivity contribution in [2.24, 2.45) is 5.92 Å². The molecule has 0 radical (unpaired) electrons. The van der Waals surface area contributed by atoms with Gasteiger partial charge >= 0.3 is 0 Å². The molecule has 0 aliphatic rings. The van der Waals surface area contributed by atoms with Crippen LogP contribution in [0.25, 0.3) is 0 Å². The average Bonchev–Trinajstić information content (AvgIpc) is 3.08. The predicted octanol–water partition coefficient (Wildman–Crippen LogP) is 2.35. The van der Waals surface area contributed by atoms with Gasteiger partial charge in [-0.3, -0.25) is 28.5 Å². The minimum atomic E-state index is -3.73. The second kappa shape index (κ2) is 18.3. The van der Waals surface area contributed by atoms with Crippen molar-refractivity contribution in [2.45, 2.75) is 58.8 Å². The fourth-order valence-corrected chi connectivity index (χ4v) is 5.64. The van der Waals surface area contributed by atoms with Crippen molar-refractivity contribution in [3.05, 3.63) is 95.3 Å². The van der Waals surface area contributed by atoms with Gasteiger partial charge in [0, 0.05) is 63.3 Å². The largest absolute Gasteiger partial charge is 0.355 e. The Bertz CT molecular complexity index is 1720. The third-order valence-electron chi connectivity index (χ3n) is 8.10. The molecule has 4 N–H and O–H groups in total. The van der Waals surface area contributed by atoms with Crippen molar-refractivity contribution < 1.29 is 27.6 Å². The summed E-state index contributed by atoms with van der Waals surface area (Å²) in [6.07, 6.45) is 4.72. The summed E-state index contributed by atoms with van der Waals surface area (Å²) < 4.78 is 26.0. The van der Waals surface area contributed by atoms with Crippen LogP contribution in [0.2, 0.25) is 0 Å². The molecule has 14 heteroatoms. The van der Waals surface area contributed by atoms with E-state index in [1.54, 1.807) is 32.4 Å². The summed E-state index contributed by atoms with van der Waals surface area (Å²) in [5.41, 5.74) is 2.10. The predicted molar refractivity (Wildman–Crippen MR) is 194 cm³/mol. The highest BCUT2D eigenvalue weighted by Crippen LogP contribution is 2.22. The molecule has 50 heavy (non-hydrogen) atoms. The maximum Gasteiger partial charge on any atom is 0.253 e. The molecule has 0 saturated carbocycles. The molecule has 1 heterocycles. The molecule has 0 saturated heterocycles. The van der Waals surface area contributed by atoms with E-state index in [1.807, 2.05) is 57.2 Å². The van der Waals surface area contributed by atoms with E-state index in [0.29, 0.717) is 13.0 Å². The van der Waals surface area contributed by atoms with E-state index in [9.17, 15) is 27.6 Å². The highest BCUT2D eigenvalue weighted by atomic mass is 32.2. The molecule has 3 aromatic rings. The van der Waals surface area contributed by atoms with Gasteiger partial charge in [-0.15, -0.1) is 0 Å². The Labute approximate surface area is 295 Å². The van der Waals surface area contributed by atoms with Gasteiger partial charge in [-0.1, -0.05) is 50.2 Å². The summed E-state index contributed by atoms with van der Waals surface area (Å²) in [6, 6.07) is 15.5. The summed E-state index contributed by atoms with van der Waals surface area (Å²) >= 11 is 0. The van der Waals surface area contributed by atoms with Gasteiger partial charge in [-0.2, -0.15) is 0 Å². The second-order valence-corrected chi connectivity index (χ2v) is 14.7. The third-order valence-corrected chi connectivity index (χ3v) is 9.30. The standard InChI is InChI=1S/C36H49N7O6S/c1-8-38-35(46)32(24(2)3)41-33(44)25(4)39-22-30(17-26-13-10-9-11-14-26)40-34(45)28-18-29(20-31(19-28)43(6)50(7,48)49)36(47)42(5)23-27-15-12-16-37-21-27/h9-16,18-21,24-25,30,32,39H,8,17,22-23H2,1-7H3,(H,38,46)(H,40,45)(H,41,44)/t25-,30-,32-/m0/s1. The van der Waals surface area contributed by atoms with E-state index in [4.69, 9.17) is 0 Å². The number of hydrogen-bond acceptors (Lipinski definition) is 8. The smallest absolute Gasteiger partial charge is 0.253 e. The van der Waals surface area contributed by atoms with Crippen LogP contribution in [-0.2, 0) is 32.6 Å². The number of amides is 4. The number of nitrogens with zero attached hydrogens (tertiary/aromatic N) is 3. The Hall–Kier alpha value is -4.82. The van der Waals surface area contributed by atoms with Crippen molar-refractivity contribution in [3.8, 4) is 0 Å². The lowest BCUT2D eigenvalue weighted by Gasteiger charge is -2.26. The number of likely N-dealkylation sites (N-methyl/N-ethyl adjacent to an activating group) is 1. The molecule has 3 atom stereocenters. The Morgan fingerprint density at radius 2 is 1.52 bits per heavy atom. The van der Waals surface area contributed by atoms with Crippen LogP contribution in [0.3, 0.4) is 0 Å². The average molecular weight is 708 g/mol. The highest BCUT2D eigenvalue weighted by molar-refractivity contribution is 7.92. The van der Waals surface area contributed by atoms with Gasteiger partial charge in [0.2, 0.25) is 21.8 Å². The number of hydrogen-bond donors (Lipinski definition) is 4. The van der Waals surface area contributed by atoms with Gasteiger partial charge in [-0.05, 0) is 61.6 Å². The van der Waals surface area contributed by atoms with E-state index in [0.717, 1.165) is 21.7 Å². The van der Waals surface area contributed by atoms with E-state index >= 15 is 0 Å². The molecule has 0 aliphatic heterocycles. The first-order chi connectivity index (χ1) is 23.6. The zero-order chi connectivity index (χ0) is 37.0. The molecule has 0 bridgehead atoms. The van der Waals surface area contributed by atoms with Gasteiger partial charge in [0.1, 0.15) is 6.04 Å². The lowest BCUT2D eigenvalue weighted by atomic mass is 10.0. The molecule has 3 rings (SSSR count). The first-order valence-corrected chi connectivity index (χ1v) is 18.3. The number of carbonyl (C=O) groups is 4. The van der Waals surface area contributed by atoms with Crippen LogP contribution in [-0.4, -0.2) is 93.5 Å². The van der Waals surface area contributed by atoms with Gasteiger partial charge in [0.25, 0.3) is 11.8 Å². The minimum Gasteiger partial charge on any atom is -0.355 e. The van der Waals surface area contributed by atoms with Crippen molar-refractivity contribution in [3.63, 3.8) is 0 Å². The van der Waals surface area contributed by atoms with Crippen molar-refractivity contribution in [1.29, 1.82) is 0 Å². The van der Waals surface area contributed by atoms with Crippen molar-refractivity contribution >= 4 is 39.3 Å². The van der Waals surface area contributed by atoms with Crippen LogP contribution in [0.4, 0.5) is 5.69 Å². The minimum absolute atomic E-state index is 0.0849. The van der Waals surface area contributed by atoms with Crippen LogP contribution in [0, 0.1) is 5.92 Å². The number of sulfonamides is 1. The Morgan fingerprint density at radius 1 is 0.860 bits per heavy atom. The molecular formula is C36H49N7O6S. The Kier molecular flexibility index (Phi) is 14.5. The number of pyridine rings is 1. The van der Waals surface area contributed by atoms with Crippen molar-refractivity contribution in [1.82, 2.24) is 31.2 Å². The molecule has 2 aromatic carbocycles. The number of aromatic nitrogens is 1. The Balaban J connectivity index is 1.87. The normalized spacial score (nSPS) is 13.1. The van der Waals surface area contributed by atoms with Crippen LogP contribution in [0.5, 0.6) is 0 Å². The number of nitrogens with one attached hydrogen (secondary N) is 4. The topological polar surface area (TPSA) is 170 Å². The quantitative estimate of drug-likeness (QED) is 0.166. The van der Waals surface area contributed by atoms with Crippen LogP contribution in [0.15, 0.2) is 73.1 Å². The number of rotatable bonds is 17. The summed E-state index contributed by atoms with van der Waals surface area (Å²) in [5.74, 6) is -1.71. The summed E-state index contributed by atoms with van der Waals surface area (Å²) in [6.45, 7) is 8.06. The molecule has 0 spiro atoms. The summed E-state index contributed by atoms with van der Waals surface area (Å²) in [5, 5.41) is 11.8. The fraction of sp³-hybridized carbons (Fsp3) is 0.417. The van der Waals surface area contributed by atoms with E-state index in [-0.39, 0.29) is 47.6 Å². The Morgan fingerprint density at radius 3 is 2.12 bits per heavy atom. The first kappa shape index (κ1) is 39.6. The van der Waals surface area contributed by atoms with Gasteiger partial charge < -0.3 is 26.2 Å². The molecule has 270 valence electrons. The zero-order valence-electron chi connectivity index (χ0n) is 29.8. The summed E-state index contributed by atoms with van der Waals surface area (Å²) in [7, 11) is -0.764. The van der Waals surface area contributed by atoms with Gasteiger partial charge in [0.15, 0.2) is 0 Å². The molecule has 4 amide bonds. The lowest BCUT2D eigenvalue weighted by Crippen LogP contribution is -2.55. The van der Waals surface area contributed by atoms with Crippen LogP contribution >= 0.6 is 0 Å². The van der Waals surface area contributed by atoms with Crippen LogP contribution < -0.4 is 25.6 Å².